The highest BCUT2D eigenvalue weighted by molar-refractivity contribution is 7.89. The highest BCUT2D eigenvalue weighted by Gasteiger charge is 2.21. The van der Waals surface area contributed by atoms with Crippen LogP contribution in [0.25, 0.3) is 0 Å². The summed E-state index contributed by atoms with van der Waals surface area (Å²) in [6.45, 7) is 2.53. The third-order valence-electron chi connectivity index (χ3n) is 2.89. The first kappa shape index (κ1) is 15.8. The van der Waals surface area contributed by atoms with E-state index in [1.807, 2.05) is 6.92 Å². The molecule has 0 unspecified atom stereocenters. The Bertz CT molecular complexity index is 513. The van der Waals surface area contributed by atoms with Gasteiger partial charge in [-0.3, -0.25) is 0 Å². The fraction of sp³-hybridized carbons (Fsp3) is 0.538. The Morgan fingerprint density at radius 1 is 1.16 bits per heavy atom. The van der Waals surface area contributed by atoms with Gasteiger partial charge < -0.3 is 9.47 Å². The van der Waals surface area contributed by atoms with Crippen LogP contribution in [0, 0.1) is 0 Å². The van der Waals surface area contributed by atoms with E-state index < -0.39 is 10.0 Å². The zero-order valence-corrected chi connectivity index (χ0v) is 12.7. The maximum atomic E-state index is 12.3. The second kappa shape index (κ2) is 6.77. The number of benzene rings is 1. The fourth-order valence-corrected chi connectivity index (χ4v) is 2.88. The van der Waals surface area contributed by atoms with E-state index in [1.165, 1.54) is 30.7 Å². The van der Waals surface area contributed by atoms with Crippen LogP contribution in [0.2, 0.25) is 0 Å². The minimum Gasteiger partial charge on any atom is -0.493 e. The molecular formula is C13H21NO4S. The van der Waals surface area contributed by atoms with Crippen molar-refractivity contribution < 1.29 is 17.9 Å². The third-order valence-corrected chi connectivity index (χ3v) is 4.74. The van der Waals surface area contributed by atoms with Crippen LogP contribution in [0.15, 0.2) is 23.1 Å². The molecular weight excluding hydrogens is 266 g/mol. The van der Waals surface area contributed by atoms with Gasteiger partial charge in [0.1, 0.15) is 0 Å². The van der Waals surface area contributed by atoms with E-state index in [1.54, 1.807) is 13.1 Å². The number of nitrogens with zero attached hydrogens (tertiary/aromatic N) is 1. The summed E-state index contributed by atoms with van der Waals surface area (Å²) in [6, 6.07) is 4.61. The molecule has 0 atom stereocenters. The van der Waals surface area contributed by atoms with Crippen molar-refractivity contribution in [1.82, 2.24) is 4.31 Å². The Kier molecular flexibility index (Phi) is 5.62. The van der Waals surface area contributed by atoms with E-state index in [9.17, 15) is 8.42 Å². The first-order valence-electron chi connectivity index (χ1n) is 6.15. The minimum absolute atomic E-state index is 0.212. The van der Waals surface area contributed by atoms with Crippen molar-refractivity contribution in [2.75, 3.05) is 27.8 Å². The second-order valence-corrected chi connectivity index (χ2v) is 6.24. The smallest absolute Gasteiger partial charge is 0.242 e. The van der Waals surface area contributed by atoms with Crippen molar-refractivity contribution in [1.29, 1.82) is 0 Å². The summed E-state index contributed by atoms with van der Waals surface area (Å²) >= 11 is 0. The van der Waals surface area contributed by atoms with Gasteiger partial charge in [0, 0.05) is 19.7 Å². The predicted molar refractivity (Wildman–Crippen MR) is 74.3 cm³/mol. The molecule has 0 saturated heterocycles. The summed E-state index contributed by atoms with van der Waals surface area (Å²) < 4.78 is 36.3. The van der Waals surface area contributed by atoms with Gasteiger partial charge in [0.25, 0.3) is 0 Å². The van der Waals surface area contributed by atoms with E-state index in [2.05, 4.69) is 0 Å². The number of sulfonamides is 1. The molecule has 0 spiro atoms. The van der Waals surface area contributed by atoms with Gasteiger partial charge in [-0.2, -0.15) is 0 Å². The highest BCUT2D eigenvalue weighted by Crippen LogP contribution is 2.30. The topological polar surface area (TPSA) is 55.8 Å². The molecule has 0 fully saturated rings. The Morgan fingerprint density at radius 2 is 1.79 bits per heavy atom. The van der Waals surface area contributed by atoms with Crippen molar-refractivity contribution in [3.05, 3.63) is 18.2 Å². The molecule has 1 aromatic carbocycles. The van der Waals surface area contributed by atoms with Gasteiger partial charge in [-0.05, 0) is 18.6 Å². The van der Waals surface area contributed by atoms with Gasteiger partial charge >= 0.3 is 0 Å². The molecule has 0 radical (unpaired) electrons. The number of hydrogen-bond acceptors (Lipinski definition) is 4. The normalized spacial score (nSPS) is 11.6. The first-order valence-corrected chi connectivity index (χ1v) is 7.59. The summed E-state index contributed by atoms with van der Waals surface area (Å²) in [7, 11) is 1.11. The summed E-state index contributed by atoms with van der Waals surface area (Å²) in [4.78, 5) is 0.212. The maximum Gasteiger partial charge on any atom is 0.242 e. The molecule has 1 rings (SSSR count). The third kappa shape index (κ3) is 3.61. The van der Waals surface area contributed by atoms with Crippen LogP contribution >= 0.6 is 0 Å². The monoisotopic (exact) mass is 287 g/mol. The summed E-state index contributed by atoms with van der Waals surface area (Å²) in [5.41, 5.74) is 0. The van der Waals surface area contributed by atoms with Crippen LogP contribution in [0.1, 0.15) is 19.8 Å². The zero-order valence-electron chi connectivity index (χ0n) is 11.8. The van der Waals surface area contributed by atoms with E-state index in [0.717, 1.165) is 12.8 Å². The maximum absolute atomic E-state index is 12.3. The van der Waals surface area contributed by atoms with Gasteiger partial charge in [-0.25, -0.2) is 12.7 Å². The molecule has 0 N–H and O–H groups in total. The molecule has 0 bridgehead atoms. The van der Waals surface area contributed by atoms with E-state index in [0.29, 0.717) is 18.0 Å². The molecule has 5 nitrogen and oxygen atoms in total. The lowest BCUT2D eigenvalue weighted by Crippen LogP contribution is -2.27. The van der Waals surface area contributed by atoms with Crippen LogP contribution in [0.3, 0.4) is 0 Å². The van der Waals surface area contributed by atoms with Gasteiger partial charge in [0.15, 0.2) is 11.5 Å². The number of hydrogen-bond donors (Lipinski definition) is 0. The lowest BCUT2D eigenvalue weighted by atomic mass is 10.3. The Labute approximate surface area is 115 Å². The summed E-state index contributed by atoms with van der Waals surface area (Å²) in [5.74, 6) is 0.921. The van der Waals surface area contributed by atoms with Crippen molar-refractivity contribution in [2.24, 2.45) is 0 Å². The van der Waals surface area contributed by atoms with E-state index in [4.69, 9.17) is 9.47 Å². The molecule has 0 amide bonds. The summed E-state index contributed by atoms with van der Waals surface area (Å²) in [5, 5.41) is 0. The number of rotatable bonds is 7. The average Bonchev–Trinajstić information content (AvgIpc) is 2.43. The fourth-order valence-electron chi connectivity index (χ4n) is 1.66. The van der Waals surface area contributed by atoms with Crippen molar-refractivity contribution >= 4 is 10.0 Å². The molecule has 0 aromatic heterocycles. The molecule has 6 heteroatoms. The molecule has 0 aliphatic carbocycles. The number of unbranched alkanes of at least 4 members (excludes halogenated alkanes) is 1. The van der Waals surface area contributed by atoms with Crippen LogP contribution in [-0.4, -0.2) is 40.5 Å². The lowest BCUT2D eigenvalue weighted by Gasteiger charge is -2.17. The van der Waals surface area contributed by atoms with Crippen LogP contribution < -0.4 is 9.47 Å². The minimum atomic E-state index is -3.47. The molecule has 1 aromatic rings. The SMILES string of the molecule is CCCCN(C)S(=O)(=O)c1ccc(OC)c(OC)c1. The van der Waals surface area contributed by atoms with E-state index in [-0.39, 0.29) is 4.90 Å². The molecule has 0 heterocycles. The second-order valence-electron chi connectivity index (χ2n) is 4.20. The highest BCUT2D eigenvalue weighted by atomic mass is 32.2. The van der Waals surface area contributed by atoms with Gasteiger partial charge in [0.2, 0.25) is 10.0 Å². The molecule has 0 aliphatic rings. The van der Waals surface area contributed by atoms with Gasteiger partial charge in [0.05, 0.1) is 19.1 Å². The zero-order chi connectivity index (χ0) is 14.5. The number of ether oxygens (including phenoxy) is 2. The Balaban J connectivity index is 3.08. The molecule has 19 heavy (non-hydrogen) atoms. The predicted octanol–water partition coefficient (Wildman–Crippen LogP) is 2.12. The standard InChI is InChI=1S/C13H21NO4S/c1-5-6-9-14(2)19(15,16)11-7-8-12(17-3)13(10-11)18-4/h7-8,10H,5-6,9H2,1-4H3. The summed E-state index contributed by atoms with van der Waals surface area (Å²) in [6.07, 6.45) is 1.79. The van der Waals surface area contributed by atoms with Crippen molar-refractivity contribution in [2.45, 2.75) is 24.7 Å². The molecule has 0 saturated carbocycles. The number of methoxy groups -OCH3 is 2. The van der Waals surface area contributed by atoms with Crippen LogP contribution in [-0.2, 0) is 10.0 Å². The largest absolute Gasteiger partial charge is 0.493 e. The first-order chi connectivity index (χ1) is 8.97. The van der Waals surface area contributed by atoms with E-state index >= 15 is 0 Å². The average molecular weight is 287 g/mol. The van der Waals surface area contributed by atoms with Gasteiger partial charge in [-0.15, -0.1) is 0 Å². The van der Waals surface area contributed by atoms with Crippen LogP contribution in [0.5, 0.6) is 11.5 Å². The van der Waals surface area contributed by atoms with Crippen molar-refractivity contribution in [3.63, 3.8) is 0 Å². The van der Waals surface area contributed by atoms with Crippen molar-refractivity contribution in [3.8, 4) is 11.5 Å². The Hall–Kier alpha value is -1.27. The van der Waals surface area contributed by atoms with Gasteiger partial charge in [-0.1, -0.05) is 13.3 Å². The molecule has 108 valence electrons. The van der Waals surface area contributed by atoms with Crippen LogP contribution in [0.4, 0.5) is 0 Å². The Morgan fingerprint density at radius 3 is 2.32 bits per heavy atom. The lowest BCUT2D eigenvalue weighted by molar-refractivity contribution is 0.353. The molecule has 0 aliphatic heterocycles. The quantitative estimate of drug-likeness (QED) is 0.771.